The van der Waals surface area contributed by atoms with E-state index in [1.165, 1.54) is 6.42 Å². The van der Waals surface area contributed by atoms with Gasteiger partial charge in [0, 0.05) is 12.8 Å². The molecule has 12 heavy (non-hydrogen) atoms. The lowest BCUT2D eigenvalue weighted by Crippen LogP contribution is -2.24. The van der Waals surface area contributed by atoms with Gasteiger partial charge < -0.3 is 0 Å². The van der Waals surface area contributed by atoms with Crippen molar-refractivity contribution in [3.05, 3.63) is 0 Å². The average Bonchev–Trinajstić information content (AvgIpc) is 2.64. The molecule has 2 nitrogen and oxygen atoms in total. The fraction of sp³-hybridized carbons (Fsp3) is 0.800. The van der Waals surface area contributed by atoms with Crippen molar-refractivity contribution in [3.8, 4) is 0 Å². The SMILES string of the molecule is CC1CC1C1CC(=O)CC(=O)C1. The maximum atomic E-state index is 11.1. The van der Waals surface area contributed by atoms with Crippen LogP contribution < -0.4 is 0 Å². The van der Waals surface area contributed by atoms with Gasteiger partial charge in [-0.3, -0.25) is 9.59 Å². The molecule has 2 unspecified atom stereocenters. The molecule has 2 atom stereocenters. The van der Waals surface area contributed by atoms with E-state index in [1.807, 2.05) is 0 Å². The zero-order valence-electron chi connectivity index (χ0n) is 7.38. The van der Waals surface area contributed by atoms with E-state index in [0.29, 0.717) is 24.7 Å². The van der Waals surface area contributed by atoms with Crippen LogP contribution in [0.2, 0.25) is 0 Å². The van der Waals surface area contributed by atoms with Crippen LogP contribution in [0.5, 0.6) is 0 Å². The molecule has 2 fully saturated rings. The van der Waals surface area contributed by atoms with Gasteiger partial charge in [-0.25, -0.2) is 0 Å². The lowest BCUT2D eigenvalue weighted by molar-refractivity contribution is -0.131. The molecule has 0 heterocycles. The first-order valence-corrected chi connectivity index (χ1v) is 4.70. The maximum Gasteiger partial charge on any atom is 0.140 e. The molecule has 0 aromatic carbocycles. The third-order valence-electron chi connectivity index (χ3n) is 3.15. The van der Waals surface area contributed by atoms with Gasteiger partial charge in [0.2, 0.25) is 0 Å². The van der Waals surface area contributed by atoms with Crippen molar-refractivity contribution in [2.75, 3.05) is 0 Å². The standard InChI is InChI=1S/C10H14O2/c1-6-2-10(6)7-3-8(11)5-9(12)4-7/h6-7,10H,2-5H2,1H3. The molecule has 0 aliphatic heterocycles. The highest BCUT2D eigenvalue weighted by Crippen LogP contribution is 2.47. The van der Waals surface area contributed by atoms with Gasteiger partial charge >= 0.3 is 0 Å². The van der Waals surface area contributed by atoms with Crippen LogP contribution in [0, 0.1) is 17.8 Å². The van der Waals surface area contributed by atoms with E-state index in [0.717, 1.165) is 5.92 Å². The summed E-state index contributed by atoms with van der Waals surface area (Å²) in [5.74, 6) is 2.16. The van der Waals surface area contributed by atoms with Gasteiger partial charge in [0.1, 0.15) is 11.6 Å². The minimum Gasteiger partial charge on any atom is -0.299 e. The van der Waals surface area contributed by atoms with E-state index in [4.69, 9.17) is 0 Å². The molecule has 0 amide bonds. The van der Waals surface area contributed by atoms with Crippen LogP contribution in [0.3, 0.4) is 0 Å². The third kappa shape index (κ3) is 1.43. The number of rotatable bonds is 1. The van der Waals surface area contributed by atoms with Gasteiger partial charge in [0.05, 0.1) is 6.42 Å². The quantitative estimate of drug-likeness (QED) is 0.554. The number of hydrogen-bond acceptors (Lipinski definition) is 2. The molecule has 0 N–H and O–H groups in total. The van der Waals surface area contributed by atoms with Gasteiger partial charge in [-0.05, 0) is 24.2 Å². The second-order valence-electron chi connectivity index (χ2n) is 4.30. The molecule has 2 heteroatoms. The highest BCUT2D eigenvalue weighted by atomic mass is 16.1. The second kappa shape index (κ2) is 2.68. The van der Waals surface area contributed by atoms with E-state index < -0.39 is 0 Å². The predicted octanol–water partition coefficient (Wildman–Crippen LogP) is 1.58. The van der Waals surface area contributed by atoms with Crippen LogP contribution in [-0.2, 0) is 9.59 Å². The van der Waals surface area contributed by atoms with Crippen molar-refractivity contribution in [1.82, 2.24) is 0 Å². The highest BCUT2D eigenvalue weighted by Gasteiger charge is 2.42. The summed E-state index contributed by atoms with van der Waals surface area (Å²) in [7, 11) is 0. The monoisotopic (exact) mass is 166 g/mol. The Kier molecular flexibility index (Phi) is 1.78. The molecular formula is C10H14O2. The van der Waals surface area contributed by atoms with Gasteiger partial charge in [-0.15, -0.1) is 0 Å². The summed E-state index contributed by atoms with van der Waals surface area (Å²) in [5.41, 5.74) is 0. The number of hydrogen-bond donors (Lipinski definition) is 0. The molecule has 0 saturated heterocycles. The average molecular weight is 166 g/mol. The maximum absolute atomic E-state index is 11.1. The van der Waals surface area contributed by atoms with Gasteiger partial charge in [-0.1, -0.05) is 6.92 Å². The molecule has 0 radical (unpaired) electrons. The first-order chi connectivity index (χ1) is 5.66. The summed E-state index contributed by atoms with van der Waals surface area (Å²) in [4.78, 5) is 22.2. The van der Waals surface area contributed by atoms with Gasteiger partial charge in [0.25, 0.3) is 0 Å². The number of ketones is 2. The van der Waals surface area contributed by atoms with Crippen molar-refractivity contribution >= 4 is 11.6 Å². The fourth-order valence-electron chi connectivity index (χ4n) is 2.33. The lowest BCUT2D eigenvalue weighted by Gasteiger charge is -2.19. The highest BCUT2D eigenvalue weighted by molar-refractivity contribution is 6.01. The smallest absolute Gasteiger partial charge is 0.140 e. The Labute approximate surface area is 72.3 Å². The summed E-state index contributed by atoms with van der Waals surface area (Å²) < 4.78 is 0. The first kappa shape index (κ1) is 7.96. The number of carbonyl (C=O) groups is 2. The summed E-state index contributed by atoms with van der Waals surface area (Å²) in [6.07, 6.45) is 2.77. The van der Waals surface area contributed by atoms with Gasteiger partial charge in [0.15, 0.2) is 0 Å². The largest absolute Gasteiger partial charge is 0.299 e. The molecule has 2 rings (SSSR count). The van der Waals surface area contributed by atoms with Crippen molar-refractivity contribution in [2.45, 2.75) is 32.6 Å². The van der Waals surface area contributed by atoms with Crippen LogP contribution in [-0.4, -0.2) is 11.6 Å². The molecular weight excluding hydrogens is 152 g/mol. The second-order valence-corrected chi connectivity index (χ2v) is 4.30. The Bertz CT molecular complexity index is 216. The minimum absolute atomic E-state index is 0.162. The Morgan fingerprint density at radius 1 is 1.17 bits per heavy atom. The minimum atomic E-state index is 0.162. The predicted molar refractivity (Wildman–Crippen MR) is 44.6 cm³/mol. The van der Waals surface area contributed by atoms with E-state index in [2.05, 4.69) is 6.92 Å². The van der Waals surface area contributed by atoms with E-state index >= 15 is 0 Å². The van der Waals surface area contributed by atoms with Crippen LogP contribution >= 0.6 is 0 Å². The Morgan fingerprint density at radius 2 is 1.67 bits per heavy atom. The van der Waals surface area contributed by atoms with Crippen LogP contribution in [0.25, 0.3) is 0 Å². The summed E-state index contributed by atoms with van der Waals surface area (Å²) in [6, 6.07) is 0. The molecule has 66 valence electrons. The van der Waals surface area contributed by atoms with E-state index in [-0.39, 0.29) is 18.0 Å². The summed E-state index contributed by atoms with van der Waals surface area (Å²) in [6.45, 7) is 2.20. The van der Waals surface area contributed by atoms with Crippen LogP contribution in [0.15, 0.2) is 0 Å². The normalized spacial score (nSPS) is 37.1. The van der Waals surface area contributed by atoms with Crippen LogP contribution in [0.4, 0.5) is 0 Å². The molecule has 0 aromatic heterocycles. The summed E-state index contributed by atoms with van der Waals surface area (Å²) in [5, 5.41) is 0. The molecule has 0 aromatic rings. The van der Waals surface area contributed by atoms with Crippen molar-refractivity contribution in [1.29, 1.82) is 0 Å². The van der Waals surface area contributed by atoms with Gasteiger partial charge in [-0.2, -0.15) is 0 Å². The Balaban J connectivity index is 1.98. The Morgan fingerprint density at radius 3 is 2.08 bits per heavy atom. The lowest BCUT2D eigenvalue weighted by atomic mass is 9.83. The first-order valence-electron chi connectivity index (χ1n) is 4.70. The van der Waals surface area contributed by atoms with Crippen molar-refractivity contribution in [2.24, 2.45) is 17.8 Å². The number of Topliss-reactive ketones (excluding diaryl/α,β-unsaturated/α-hetero) is 2. The molecule has 0 bridgehead atoms. The van der Waals surface area contributed by atoms with Crippen LogP contribution in [0.1, 0.15) is 32.6 Å². The number of carbonyl (C=O) groups excluding carboxylic acids is 2. The molecule has 0 spiro atoms. The molecule has 2 aliphatic carbocycles. The summed E-state index contributed by atoms with van der Waals surface area (Å²) >= 11 is 0. The van der Waals surface area contributed by atoms with Crippen molar-refractivity contribution < 1.29 is 9.59 Å². The Hall–Kier alpha value is -0.660. The van der Waals surface area contributed by atoms with E-state index in [1.54, 1.807) is 0 Å². The van der Waals surface area contributed by atoms with Crippen molar-refractivity contribution in [3.63, 3.8) is 0 Å². The molecule has 2 saturated carbocycles. The van der Waals surface area contributed by atoms with E-state index in [9.17, 15) is 9.59 Å². The topological polar surface area (TPSA) is 34.1 Å². The fourth-order valence-corrected chi connectivity index (χ4v) is 2.33. The molecule has 2 aliphatic rings. The zero-order valence-corrected chi connectivity index (χ0v) is 7.38. The third-order valence-corrected chi connectivity index (χ3v) is 3.15. The zero-order chi connectivity index (χ0) is 8.72.